The minimum atomic E-state index is -0.582. The molecule has 6 nitrogen and oxygen atoms in total. The summed E-state index contributed by atoms with van der Waals surface area (Å²) in [5, 5.41) is 24.0. The van der Waals surface area contributed by atoms with E-state index in [-0.39, 0.29) is 12.3 Å². The lowest BCUT2D eigenvalue weighted by molar-refractivity contribution is -0.384. The van der Waals surface area contributed by atoms with Crippen molar-refractivity contribution in [3.8, 4) is 5.75 Å². The average Bonchev–Trinajstić information content (AvgIpc) is 2.70. The Morgan fingerprint density at radius 2 is 1.93 bits per heavy atom. The normalized spacial score (nSPS) is 14.4. The Balaban J connectivity index is 1.38. The first-order valence-electron chi connectivity index (χ1n) is 9.49. The molecule has 1 aliphatic carbocycles. The molecule has 1 aliphatic rings. The fraction of sp³-hybridized carbons (Fsp3) is 0.429. The van der Waals surface area contributed by atoms with Gasteiger partial charge in [0.15, 0.2) is 0 Å². The molecule has 144 valence electrons. The Bertz CT molecular complexity index is 761. The zero-order valence-corrected chi connectivity index (χ0v) is 15.4. The highest BCUT2D eigenvalue weighted by Crippen LogP contribution is 2.29. The Morgan fingerprint density at radius 3 is 2.70 bits per heavy atom. The van der Waals surface area contributed by atoms with Crippen LogP contribution < -0.4 is 10.1 Å². The van der Waals surface area contributed by atoms with Gasteiger partial charge in [-0.3, -0.25) is 10.1 Å². The first-order valence-corrected chi connectivity index (χ1v) is 9.49. The van der Waals surface area contributed by atoms with E-state index in [1.807, 2.05) is 12.1 Å². The standard InChI is InChI=1S/C21H26N2O4/c24-19(14-22-13-12-16-8-10-18(11-9-16)23(25)26)15-27-21-7-3-5-17-4-1-2-6-20(17)21/h3,5,7-11,19,22,24H,1-2,4,6,12-15H2. The maximum Gasteiger partial charge on any atom is 0.269 e. The van der Waals surface area contributed by atoms with Crippen LogP contribution in [0.25, 0.3) is 0 Å². The van der Waals surface area contributed by atoms with Crippen molar-refractivity contribution in [3.63, 3.8) is 0 Å². The number of benzene rings is 2. The zero-order valence-electron chi connectivity index (χ0n) is 15.4. The van der Waals surface area contributed by atoms with Crippen molar-refractivity contribution in [3.05, 3.63) is 69.3 Å². The van der Waals surface area contributed by atoms with Crippen LogP contribution in [0.1, 0.15) is 29.5 Å². The van der Waals surface area contributed by atoms with Crippen LogP contribution in [0.5, 0.6) is 5.75 Å². The van der Waals surface area contributed by atoms with Crippen molar-refractivity contribution >= 4 is 5.69 Å². The molecule has 1 unspecified atom stereocenters. The minimum absolute atomic E-state index is 0.0994. The van der Waals surface area contributed by atoms with Gasteiger partial charge in [-0.2, -0.15) is 0 Å². The number of aliphatic hydroxyl groups is 1. The van der Waals surface area contributed by atoms with Gasteiger partial charge in [0.05, 0.1) is 4.92 Å². The Hall–Kier alpha value is -2.44. The molecular weight excluding hydrogens is 344 g/mol. The molecule has 1 atom stereocenters. The molecule has 6 heteroatoms. The van der Waals surface area contributed by atoms with Crippen LogP contribution in [0.4, 0.5) is 5.69 Å². The molecular formula is C21H26N2O4. The summed E-state index contributed by atoms with van der Waals surface area (Å²) in [7, 11) is 0. The fourth-order valence-corrected chi connectivity index (χ4v) is 3.41. The van der Waals surface area contributed by atoms with Crippen molar-refractivity contribution in [1.29, 1.82) is 0 Å². The summed E-state index contributed by atoms with van der Waals surface area (Å²) in [4.78, 5) is 10.2. The number of hydrogen-bond acceptors (Lipinski definition) is 5. The number of hydrogen-bond donors (Lipinski definition) is 2. The van der Waals surface area contributed by atoms with Crippen molar-refractivity contribution in [2.24, 2.45) is 0 Å². The smallest absolute Gasteiger partial charge is 0.269 e. The number of fused-ring (bicyclic) bond motifs is 1. The van der Waals surface area contributed by atoms with E-state index in [0.29, 0.717) is 13.1 Å². The Labute approximate surface area is 159 Å². The summed E-state index contributed by atoms with van der Waals surface area (Å²) in [6, 6.07) is 12.7. The van der Waals surface area contributed by atoms with Gasteiger partial charge in [-0.05, 0) is 61.4 Å². The van der Waals surface area contributed by atoms with Crippen LogP contribution in [-0.4, -0.2) is 35.8 Å². The molecule has 0 spiro atoms. The third kappa shape index (κ3) is 5.52. The van der Waals surface area contributed by atoms with Crippen molar-refractivity contribution in [1.82, 2.24) is 5.32 Å². The molecule has 0 fully saturated rings. The largest absolute Gasteiger partial charge is 0.491 e. The van der Waals surface area contributed by atoms with Gasteiger partial charge in [-0.15, -0.1) is 0 Å². The topological polar surface area (TPSA) is 84.6 Å². The second-order valence-corrected chi connectivity index (χ2v) is 6.94. The van der Waals surface area contributed by atoms with E-state index in [4.69, 9.17) is 4.74 Å². The van der Waals surface area contributed by atoms with Crippen LogP contribution in [-0.2, 0) is 19.3 Å². The van der Waals surface area contributed by atoms with Gasteiger partial charge in [0.2, 0.25) is 0 Å². The molecule has 2 aromatic carbocycles. The molecule has 0 saturated carbocycles. The SMILES string of the molecule is O=[N+]([O-])c1ccc(CCNCC(O)COc2cccc3c2CCCC3)cc1. The van der Waals surface area contributed by atoms with Crippen LogP contribution in [0.15, 0.2) is 42.5 Å². The van der Waals surface area contributed by atoms with Crippen LogP contribution in [0.3, 0.4) is 0 Å². The molecule has 0 amide bonds. The predicted molar refractivity (Wildman–Crippen MR) is 104 cm³/mol. The third-order valence-corrected chi connectivity index (χ3v) is 4.90. The highest BCUT2D eigenvalue weighted by atomic mass is 16.6. The average molecular weight is 370 g/mol. The molecule has 0 heterocycles. The maximum atomic E-state index is 10.6. The van der Waals surface area contributed by atoms with E-state index in [2.05, 4.69) is 11.4 Å². The second kappa shape index (κ2) is 9.48. The molecule has 0 bridgehead atoms. The van der Waals surface area contributed by atoms with Crippen molar-refractivity contribution in [2.75, 3.05) is 19.7 Å². The first-order chi connectivity index (χ1) is 13.1. The molecule has 0 saturated heterocycles. The minimum Gasteiger partial charge on any atom is -0.491 e. The summed E-state index contributed by atoms with van der Waals surface area (Å²) >= 11 is 0. The summed E-state index contributed by atoms with van der Waals surface area (Å²) in [5.41, 5.74) is 3.79. The van der Waals surface area contributed by atoms with Crippen molar-refractivity contribution < 1.29 is 14.8 Å². The van der Waals surface area contributed by atoms with Gasteiger partial charge in [0.1, 0.15) is 18.5 Å². The van der Waals surface area contributed by atoms with Gasteiger partial charge in [0.25, 0.3) is 5.69 Å². The van der Waals surface area contributed by atoms with E-state index in [0.717, 1.165) is 30.6 Å². The van der Waals surface area contributed by atoms with Gasteiger partial charge in [-0.25, -0.2) is 0 Å². The van der Waals surface area contributed by atoms with Crippen molar-refractivity contribution in [2.45, 2.75) is 38.2 Å². The van der Waals surface area contributed by atoms with E-state index in [9.17, 15) is 15.2 Å². The highest BCUT2D eigenvalue weighted by molar-refractivity contribution is 5.41. The monoisotopic (exact) mass is 370 g/mol. The van der Waals surface area contributed by atoms with E-state index in [1.54, 1.807) is 12.1 Å². The number of aryl methyl sites for hydroxylation is 1. The summed E-state index contributed by atoms with van der Waals surface area (Å²) in [5.74, 6) is 0.900. The van der Waals surface area contributed by atoms with Crippen LogP contribution in [0.2, 0.25) is 0 Å². The Morgan fingerprint density at radius 1 is 1.15 bits per heavy atom. The van der Waals surface area contributed by atoms with E-state index < -0.39 is 11.0 Å². The number of nitro benzene ring substituents is 1. The van der Waals surface area contributed by atoms with E-state index >= 15 is 0 Å². The molecule has 0 radical (unpaired) electrons. The molecule has 0 aromatic heterocycles. The number of non-ortho nitro benzene ring substituents is 1. The molecule has 2 aromatic rings. The molecule has 27 heavy (non-hydrogen) atoms. The Kier molecular flexibility index (Phi) is 6.79. The third-order valence-electron chi connectivity index (χ3n) is 4.90. The van der Waals surface area contributed by atoms with Gasteiger partial charge in [0, 0.05) is 18.7 Å². The lowest BCUT2D eigenvalue weighted by Crippen LogP contribution is -2.32. The highest BCUT2D eigenvalue weighted by Gasteiger charge is 2.14. The predicted octanol–water partition coefficient (Wildman–Crippen LogP) is 3.05. The molecule has 0 aliphatic heterocycles. The van der Waals surface area contributed by atoms with Crippen LogP contribution >= 0.6 is 0 Å². The summed E-state index contributed by atoms with van der Waals surface area (Å²) in [6.07, 6.45) is 4.76. The van der Waals surface area contributed by atoms with Gasteiger partial charge in [-0.1, -0.05) is 24.3 Å². The lowest BCUT2D eigenvalue weighted by Gasteiger charge is -2.20. The lowest BCUT2D eigenvalue weighted by atomic mass is 9.91. The number of aliphatic hydroxyl groups excluding tert-OH is 1. The number of nitro groups is 1. The quantitative estimate of drug-likeness (QED) is 0.403. The first kappa shape index (κ1) is 19.3. The van der Waals surface area contributed by atoms with E-state index in [1.165, 1.54) is 36.1 Å². The molecule has 3 rings (SSSR count). The number of rotatable bonds is 9. The zero-order chi connectivity index (χ0) is 19.1. The second-order valence-electron chi connectivity index (χ2n) is 6.94. The van der Waals surface area contributed by atoms with Gasteiger partial charge < -0.3 is 15.2 Å². The number of nitrogens with zero attached hydrogens (tertiary/aromatic N) is 1. The van der Waals surface area contributed by atoms with Crippen LogP contribution in [0, 0.1) is 10.1 Å². The fourth-order valence-electron chi connectivity index (χ4n) is 3.41. The number of nitrogens with one attached hydrogen (secondary N) is 1. The summed E-state index contributed by atoms with van der Waals surface area (Å²) in [6.45, 7) is 1.40. The molecule has 2 N–H and O–H groups in total. The maximum absolute atomic E-state index is 10.6. The van der Waals surface area contributed by atoms with Gasteiger partial charge >= 0.3 is 0 Å². The summed E-state index contributed by atoms with van der Waals surface area (Å²) < 4.78 is 5.86. The number of ether oxygens (including phenoxy) is 1.